The van der Waals surface area contributed by atoms with Crippen molar-refractivity contribution in [1.29, 1.82) is 0 Å². The van der Waals surface area contributed by atoms with Crippen LogP contribution in [-0.2, 0) is 0 Å². The largest absolute Gasteiger partial charge is 0.494 e. The second-order valence-corrected chi connectivity index (χ2v) is 3.69. The van der Waals surface area contributed by atoms with Gasteiger partial charge in [0.15, 0.2) is 0 Å². The van der Waals surface area contributed by atoms with Gasteiger partial charge in [-0.25, -0.2) is 0 Å². The zero-order valence-electron chi connectivity index (χ0n) is 9.92. The second kappa shape index (κ2) is 5.25. The number of aryl methyl sites for hydroxylation is 1. The first-order chi connectivity index (χ1) is 8.29. The molecule has 0 aliphatic carbocycles. The third-order valence-corrected chi connectivity index (χ3v) is 2.36. The lowest BCUT2D eigenvalue weighted by molar-refractivity contribution is 0.416. The van der Waals surface area contributed by atoms with Crippen molar-refractivity contribution in [2.45, 2.75) is 6.92 Å². The van der Waals surface area contributed by atoms with Crippen LogP contribution < -0.4 is 4.74 Å². The fourth-order valence-electron chi connectivity index (χ4n) is 1.49. The number of hydrogen-bond donors (Lipinski definition) is 0. The molecular formula is C14H14N2O. The summed E-state index contributed by atoms with van der Waals surface area (Å²) in [5, 5.41) is 0. The lowest BCUT2D eigenvalue weighted by Gasteiger charge is -2.04. The molecule has 1 heterocycles. The van der Waals surface area contributed by atoms with Crippen molar-refractivity contribution in [3.8, 4) is 5.75 Å². The molecule has 0 aliphatic rings. The van der Waals surface area contributed by atoms with Gasteiger partial charge in [0.05, 0.1) is 19.0 Å². The molecule has 0 aliphatic heterocycles. The molecule has 17 heavy (non-hydrogen) atoms. The van der Waals surface area contributed by atoms with Gasteiger partial charge in [0.25, 0.3) is 0 Å². The van der Waals surface area contributed by atoms with E-state index in [0.717, 1.165) is 22.7 Å². The van der Waals surface area contributed by atoms with Crippen LogP contribution in [0.5, 0.6) is 5.75 Å². The monoisotopic (exact) mass is 226 g/mol. The maximum Gasteiger partial charge on any atom is 0.144 e. The van der Waals surface area contributed by atoms with Crippen molar-refractivity contribution >= 4 is 11.9 Å². The number of ether oxygens (including phenoxy) is 1. The van der Waals surface area contributed by atoms with E-state index in [1.54, 1.807) is 19.5 Å². The van der Waals surface area contributed by atoms with Crippen LogP contribution in [0.4, 0.5) is 5.69 Å². The summed E-state index contributed by atoms with van der Waals surface area (Å²) in [6.07, 6.45) is 3.48. The molecule has 0 fully saturated rings. The highest BCUT2D eigenvalue weighted by Crippen LogP contribution is 2.27. The Labute approximate surface area is 101 Å². The summed E-state index contributed by atoms with van der Waals surface area (Å²) in [6, 6.07) is 11.6. The van der Waals surface area contributed by atoms with Gasteiger partial charge in [-0.15, -0.1) is 0 Å². The standard InChI is InChI=1S/C14H14N2O/c1-11-6-7-14(17-2)13(9-11)16-10-12-5-3-4-8-15-12/h3-10H,1-2H3/b16-10+. The Hall–Kier alpha value is -2.16. The average molecular weight is 226 g/mol. The summed E-state index contributed by atoms with van der Waals surface area (Å²) >= 11 is 0. The first-order valence-electron chi connectivity index (χ1n) is 5.39. The van der Waals surface area contributed by atoms with Crippen LogP contribution in [0.1, 0.15) is 11.3 Å². The maximum absolute atomic E-state index is 5.25. The average Bonchev–Trinajstić information content (AvgIpc) is 2.38. The van der Waals surface area contributed by atoms with Crippen LogP contribution in [0.3, 0.4) is 0 Å². The second-order valence-electron chi connectivity index (χ2n) is 3.69. The van der Waals surface area contributed by atoms with Crippen molar-refractivity contribution < 1.29 is 4.74 Å². The van der Waals surface area contributed by atoms with Gasteiger partial charge in [-0.1, -0.05) is 12.1 Å². The van der Waals surface area contributed by atoms with E-state index in [-0.39, 0.29) is 0 Å². The first kappa shape index (κ1) is 11.3. The van der Waals surface area contributed by atoms with Crippen LogP contribution in [-0.4, -0.2) is 18.3 Å². The molecule has 0 atom stereocenters. The van der Waals surface area contributed by atoms with Crippen LogP contribution in [0.2, 0.25) is 0 Å². The summed E-state index contributed by atoms with van der Waals surface area (Å²) in [4.78, 5) is 8.58. The summed E-state index contributed by atoms with van der Waals surface area (Å²) in [5.74, 6) is 0.766. The maximum atomic E-state index is 5.25. The Kier molecular flexibility index (Phi) is 3.50. The van der Waals surface area contributed by atoms with Crippen molar-refractivity contribution in [3.63, 3.8) is 0 Å². The lowest BCUT2D eigenvalue weighted by atomic mass is 10.2. The van der Waals surface area contributed by atoms with Crippen LogP contribution in [0, 0.1) is 6.92 Å². The number of hydrogen-bond acceptors (Lipinski definition) is 3. The third kappa shape index (κ3) is 2.91. The van der Waals surface area contributed by atoms with Crippen molar-refractivity contribution in [1.82, 2.24) is 4.98 Å². The molecule has 0 saturated heterocycles. The minimum Gasteiger partial charge on any atom is -0.494 e. The Morgan fingerprint density at radius 2 is 2.12 bits per heavy atom. The lowest BCUT2D eigenvalue weighted by Crippen LogP contribution is -1.87. The summed E-state index contributed by atoms with van der Waals surface area (Å²) < 4.78 is 5.25. The molecule has 0 radical (unpaired) electrons. The number of pyridine rings is 1. The minimum absolute atomic E-state index is 0.766. The predicted molar refractivity (Wildman–Crippen MR) is 69.2 cm³/mol. The van der Waals surface area contributed by atoms with Crippen molar-refractivity contribution in [3.05, 3.63) is 53.9 Å². The van der Waals surface area contributed by atoms with Gasteiger partial charge >= 0.3 is 0 Å². The number of benzene rings is 1. The molecule has 1 aromatic heterocycles. The van der Waals surface area contributed by atoms with E-state index >= 15 is 0 Å². The van der Waals surface area contributed by atoms with Crippen LogP contribution >= 0.6 is 0 Å². The molecular weight excluding hydrogens is 212 g/mol. The van der Waals surface area contributed by atoms with Gasteiger partial charge in [-0.05, 0) is 36.8 Å². The van der Waals surface area contributed by atoms with Gasteiger partial charge in [-0.2, -0.15) is 0 Å². The van der Waals surface area contributed by atoms with Gasteiger partial charge in [0, 0.05) is 6.20 Å². The number of aromatic nitrogens is 1. The highest BCUT2D eigenvalue weighted by Gasteiger charge is 2.00. The topological polar surface area (TPSA) is 34.5 Å². The number of methoxy groups -OCH3 is 1. The van der Waals surface area contributed by atoms with E-state index in [1.807, 2.05) is 43.3 Å². The Balaban J connectivity index is 2.29. The van der Waals surface area contributed by atoms with Crippen LogP contribution in [0.25, 0.3) is 0 Å². The molecule has 2 aromatic rings. The third-order valence-electron chi connectivity index (χ3n) is 2.36. The first-order valence-corrected chi connectivity index (χ1v) is 5.39. The molecule has 0 spiro atoms. The number of rotatable bonds is 3. The van der Waals surface area contributed by atoms with E-state index in [1.165, 1.54) is 0 Å². The summed E-state index contributed by atoms with van der Waals surface area (Å²) in [5.41, 5.74) is 2.80. The Bertz CT molecular complexity index is 521. The van der Waals surface area contributed by atoms with E-state index in [4.69, 9.17) is 4.74 Å². The fraction of sp³-hybridized carbons (Fsp3) is 0.143. The fourth-order valence-corrected chi connectivity index (χ4v) is 1.49. The number of nitrogens with zero attached hydrogens (tertiary/aromatic N) is 2. The van der Waals surface area contributed by atoms with Gasteiger partial charge in [-0.3, -0.25) is 9.98 Å². The Morgan fingerprint density at radius 3 is 2.82 bits per heavy atom. The molecule has 86 valence electrons. The zero-order chi connectivity index (χ0) is 12.1. The van der Waals surface area contributed by atoms with E-state index < -0.39 is 0 Å². The van der Waals surface area contributed by atoms with Gasteiger partial charge in [0.2, 0.25) is 0 Å². The Morgan fingerprint density at radius 1 is 1.24 bits per heavy atom. The smallest absolute Gasteiger partial charge is 0.144 e. The van der Waals surface area contributed by atoms with E-state index in [2.05, 4.69) is 9.98 Å². The molecule has 2 rings (SSSR count). The van der Waals surface area contributed by atoms with E-state index in [0.29, 0.717) is 0 Å². The molecule has 0 unspecified atom stereocenters. The summed E-state index contributed by atoms with van der Waals surface area (Å²) in [7, 11) is 1.64. The summed E-state index contributed by atoms with van der Waals surface area (Å²) in [6.45, 7) is 2.03. The van der Waals surface area contributed by atoms with Crippen molar-refractivity contribution in [2.24, 2.45) is 4.99 Å². The molecule has 0 saturated carbocycles. The predicted octanol–water partition coefficient (Wildman–Crippen LogP) is 3.15. The highest BCUT2D eigenvalue weighted by molar-refractivity contribution is 5.80. The molecule has 0 bridgehead atoms. The number of aliphatic imine (C=N–C) groups is 1. The molecule has 3 heteroatoms. The molecule has 1 aromatic carbocycles. The minimum atomic E-state index is 0.766. The molecule has 0 amide bonds. The SMILES string of the molecule is COc1ccc(C)cc1/N=C/c1ccccn1. The van der Waals surface area contributed by atoms with E-state index in [9.17, 15) is 0 Å². The molecule has 0 N–H and O–H groups in total. The van der Waals surface area contributed by atoms with Crippen molar-refractivity contribution in [2.75, 3.05) is 7.11 Å². The normalized spacial score (nSPS) is 10.7. The quantitative estimate of drug-likeness (QED) is 0.753. The zero-order valence-corrected chi connectivity index (χ0v) is 9.92. The highest BCUT2D eigenvalue weighted by atomic mass is 16.5. The van der Waals surface area contributed by atoms with Crippen LogP contribution in [0.15, 0.2) is 47.6 Å². The molecule has 3 nitrogen and oxygen atoms in total. The van der Waals surface area contributed by atoms with Gasteiger partial charge in [0.1, 0.15) is 11.4 Å². The van der Waals surface area contributed by atoms with Gasteiger partial charge < -0.3 is 4.74 Å².